The Morgan fingerprint density at radius 1 is 1.14 bits per heavy atom. The van der Waals surface area contributed by atoms with Gasteiger partial charge in [-0.15, -0.1) is 11.6 Å². The van der Waals surface area contributed by atoms with Gasteiger partial charge < -0.3 is 0 Å². The van der Waals surface area contributed by atoms with Crippen LogP contribution in [0.5, 0.6) is 0 Å². The molecule has 0 aliphatic heterocycles. The molecule has 0 aromatic heterocycles. The molecule has 1 rings (SSSR count). The molecule has 0 aromatic rings. The van der Waals surface area contributed by atoms with E-state index in [4.69, 9.17) is 11.6 Å². The first kappa shape index (κ1) is 12.4. The third kappa shape index (κ3) is 4.68. The van der Waals surface area contributed by atoms with Crippen LogP contribution in [0.4, 0.5) is 0 Å². The molecular weight excluding hydrogens is 192 g/mol. The zero-order valence-electron chi connectivity index (χ0n) is 9.77. The molecule has 14 heavy (non-hydrogen) atoms. The van der Waals surface area contributed by atoms with E-state index in [0.29, 0.717) is 5.38 Å². The van der Waals surface area contributed by atoms with Crippen LogP contribution in [-0.2, 0) is 0 Å². The second-order valence-electron chi connectivity index (χ2n) is 5.09. The molecule has 1 aliphatic rings. The largest absolute Gasteiger partial charge is 0.123 e. The van der Waals surface area contributed by atoms with Crippen molar-refractivity contribution in [1.82, 2.24) is 0 Å². The van der Waals surface area contributed by atoms with E-state index in [-0.39, 0.29) is 0 Å². The van der Waals surface area contributed by atoms with Crippen molar-refractivity contribution >= 4 is 11.6 Å². The van der Waals surface area contributed by atoms with E-state index in [2.05, 4.69) is 13.8 Å². The lowest BCUT2D eigenvalue weighted by atomic mass is 9.80. The number of alkyl halides is 1. The minimum absolute atomic E-state index is 0.444. The van der Waals surface area contributed by atoms with Gasteiger partial charge in [-0.1, -0.05) is 46.0 Å². The highest BCUT2D eigenvalue weighted by atomic mass is 35.5. The molecule has 84 valence electrons. The summed E-state index contributed by atoms with van der Waals surface area (Å²) in [5.74, 6) is 1.97. The molecule has 0 bridgehead atoms. The Bertz CT molecular complexity index is 136. The van der Waals surface area contributed by atoms with Crippen LogP contribution in [-0.4, -0.2) is 5.38 Å². The van der Waals surface area contributed by atoms with Crippen molar-refractivity contribution in [1.29, 1.82) is 0 Å². The first-order chi connectivity index (χ1) is 6.72. The van der Waals surface area contributed by atoms with Crippen molar-refractivity contribution < 1.29 is 0 Å². The Kier molecular flexibility index (Phi) is 5.93. The van der Waals surface area contributed by atoms with E-state index >= 15 is 0 Å². The first-order valence-corrected chi connectivity index (χ1v) is 6.80. The van der Waals surface area contributed by atoms with Gasteiger partial charge in [0.05, 0.1) is 0 Å². The summed E-state index contributed by atoms with van der Waals surface area (Å²) in [4.78, 5) is 0. The highest BCUT2D eigenvalue weighted by Gasteiger charge is 2.18. The molecule has 1 aliphatic carbocycles. The van der Waals surface area contributed by atoms with Gasteiger partial charge in [0.25, 0.3) is 0 Å². The molecule has 1 fully saturated rings. The lowest BCUT2D eigenvalue weighted by molar-refractivity contribution is 0.272. The summed E-state index contributed by atoms with van der Waals surface area (Å²) in [5, 5.41) is 0.444. The Labute approximate surface area is 94.4 Å². The molecule has 0 N–H and O–H groups in total. The van der Waals surface area contributed by atoms with Crippen molar-refractivity contribution in [3.63, 3.8) is 0 Å². The fourth-order valence-corrected chi connectivity index (χ4v) is 2.84. The summed E-state index contributed by atoms with van der Waals surface area (Å²) in [6.45, 7) is 4.61. The fraction of sp³-hybridized carbons (Fsp3) is 1.00. The third-order valence-corrected chi connectivity index (χ3v) is 4.06. The monoisotopic (exact) mass is 216 g/mol. The molecule has 0 amide bonds. The van der Waals surface area contributed by atoms with E-state index < -0.39 is 0 Å². The molecule has 0 aromatic carbocycles. The van der Waals surface area contributed by atoms with Gasteiger partial charge in [0.15, 0.2) is 0 Å². The molecular formula is C13H25Cl. The summed E-state index contributed by atoms with van der Waals surface area (Å²) in [7, 11) is 0. The Hall–Kier alpha value is 0.290. The van der Waals surface area contributed by atoms with Crippen molar-refractivity contribution in [3.8, 4) is 0 Å². The molecule has 1 atom stereocenters. The average molecular weight is 217 g/mol. The second-order valence-corrected chi connectivity index (χ2v) is 5.71. The molecule has 0 heterocycles. The Morgan fingerprint density at radius 2 is 1.79 bits per heavy atom. The van der Waals surface area contributed by atoms with Gasteiger partial charge in [0.1, 0.15) is 0 Å². The van der Waals surface area contributed by atoms with E-state index in [9.17, 15) is 0 Å². The average Bonchev–Trinajstić information content (AvgIpc) is 2.17. The third-order valence-electron chi connectivity index (χ3n) is 3.63. The minimum Gasteiger partial charge on any atom is -0.123 e. The zero-order valence-corrected chi connectivity index (χ0v) is 10.5. The molecule has 0 saturated heterocycles. The van der Waals surface area contributed by atoms with Crippen LogP contribution in [0.3, 0.4) is 0 Å². The molecule has 1 saturated carbocycles. The number of hydrogen-bond donors (Lipinski definition) is 0. The highest BCUT2D eigenvalue weighted by Crippen LogP contribution is 2.32. The van der Waals surface area contributed by atoms with Gasteiger partial charge in [-0.25, -0.2) is 0 Å². The van der Waals surface area contributed by atoms with Crippen molar-refractivity contribution in [2.24, 2.45) is 11.8 Å². The summed E-state index contributed by atoms with van der Waals surface area (Å²) >= 11 is 6.23. The topological polar surface area (TPSA) is 0 Å². The maximum Gasteiger partial charge on any atom is 0.0336 e. The van der Waals surface area contributed by atoms with Crippen molar-refractivity contribution in [2.75, 3.05) is 0 Å². The zero-order chi connectivity index (χ0) is 10.4. The number of rotatable bonds is 5. The van der Waals surface area contributed by atoms with Crippen molar-refractivity contribution in [2.45, 2.75) is 70.6 Å². The maximum absolute atomic E-state index is 6.23. The predicted octanol–water partition coefficient (Wildman–Crippen LogP) is 5.00. The van der Waals surface area contributed by atoms with Gasteiger partial charge in [0, 0.05) is 5.38 Å². The smallest absolute Gasteiger partial charge is 0.0336 e. The van der Waals surface area contributed by atoms with E-state index in [1.807, 2.05) is 0 Å². The molecule has 1 unspecified atom stereocenters. The SMILES string of the molecule is CCCC(Cl)CCC1CCC(C)CC1. The normalized spacial score (nSPS) is 30.2. The van der Waals surface area contributed by atoms with E-state index in [0.717, 1.165) is 11.8 Å². The van der Waals surface area contributed by atoms with Crippen LogP contribution in [0.15, 0.2) is 0 Å². The van der Waals surface area contributed by atoms with Crippen LogP contribution in [0.2, 0.25) is 0 Å². The van der Waals surface area contributed by atoms with Gasteiger partial charge >= 0.3 is 0 Å². The second kappa shape index (κ2) is 6.71. The van der Waals surface area contributed by atoms with E-state index in [1.54, 1.807) is 0 Å². The highest BCUT2D eigenvalue weighted by molar-refractivity contribution is 6.20. The van der Waals surface area contributed by atoms with Gasteiger partial charge in [-0.2, -0.15) is 0 Å². The maximum atomic E-state index is 6.23. The number of hydrogen-bond acceptors (Lipinski definition) is 0. The van der Waals surface area contributed by atoms with Gasteiger partial charge in [-0.3, -0.25) is 0 Å². The quantitative estimate of drug-likeness (QED) is 0.568. The standard InChI is InChI=1S/C13H25Cl/c1-3-4-13(14)10-9-12-7-5-11(2)6-8-12/h11-13H,3-10H2,1-2H3. The van der Waals surface area contributed by atoms with Crippen LogP contribution in [0.25, 0.3) is 0 Å². The molecule has 1 heteroatoms. The molecule has 0 spiro atoms. The first-order valence-electron chi connectivity index (χ1n) is 6.36. The van der Waals surface area contributed by atoms with E-state index in [1.165, 1.54) is 51.4 Å². The van der Waals surface area contributed by atoms with Crippen molar-refractivity contribution in [3.05, 3.63) is 0 Å². The summed E-state index contributed by atoms with van der Waals surface area (Å²) in [6.07, 6.45) is 10.9. The van der Waals surface area contributed by atoms with Crippen LogP contribution >= 0.6 is 11.6 Å². The van der Waals surface area contributed by atoms with Crippen LogP contribution in [0, 0.1) is 11.8 Å². The summed E-state index contributed by atoms with van der Waals surface area (Å²) in [6, 6.07) is 0. The number of halogens is 1. The van der Waals surface area contributed by atoms with Crippen LogP contribution < -0.4 is 0 Å². The minimum atomic E-state index is 0.444. The Balaban J connectivity index is 2.06. The summed E-state index contributed by atoms with van der Waals surface area (Å²) < 4.78 is 0. The lowest BCUT2D eigenvalue weighted by Gasteiger charge is -2.26. The summed E-state index contributed by atoms with van der Waals surface area (Å²) in [5.41, 5.74) is 0. The lowest BCUT2D eigenvalue weighted by Crippen LogP contribution is -2.13. The van der Waals surface area contributed by atoms with Gasteiger partial charge in [-0.05, 0) is 31.1 Å². The Morgan fingerprint density at radius 3 is 2.36 bits per heavy atom. The molecule has 0 radical (unpaired) electrons. The fourth-order valence-electron chi connectivity index (χ4n) is 2.49. The van der Waals surface area contributed by atoms with Gasteiger partial charge in [0.2, 0.25) is 0 Å². The van der Waals surface area contributed by atoms with Crippen LogP contribution in [0.1, 0.15) is 65.2 Å². The molecule has 0 nitrogen and oxygen atoms in total. The predicted molar refractivity (Wildman–Crippen MR) is 64.9 cm³/mol.